The van der Waals surface area contributed by atoms with Crippen LogP contribution in [0.2, 0.25) is 0 Å². The highest BCUT2D eigenvalue weighted by molar-refractivity contribution is 5.96. The Kier molecular flexibility index (Phi) is 3.76. The highest BCUT2D eigenvalue weighted by atomic mass is 16.3. The molecule has 0 unspecified atom stereocenters. The van der Waals surface area contributed by atoms with E-state index in [0.29, 0.717) is 0 Å². The van der Waals surface area contributed by atoms with Gasteiger partial charge in [0, 0.05) is 16.5 Å². The molecule has 116 valence electrons. The Bertz CT molecular complexity index is 989. The van der Waals surface area contributed by atoms with Crippen LogP contribution in [0.1, 0.15) is 16.7 Å². The van der Waals surface area contributed by atoms with E-state index in [4.69, 9.17) is 4.42 Å². The van der Waals surface area contributed by atoms with E-state index in [-0.39, 0.29) is 0 Å². The zero-order valence-corrected chi connectivity index (χ0v) is 13.6. The minimum atomic E-state index is 0.917. The number of hydrogen-bond donors (Lipinski definition) is 0. The third kappa shape index (κ3) is 2.77. The van der Waals surface area contributed by atoms with Crippen molar-refractivity contribution in [1.29, 1.82) is 0 Å². The molecule has 4 aromatic rings. The van der Waals surface area contributed by atoms with Gasteiger partial charge in [-0.3, -0.25) is 0 Å². The number of benzene rings is 3. The van der Waals surface area contributed by atoms with E-state index in [1.54, 1.807) is 0 Å². The van der Waals surface area contributed by atoms with Crippen LogP contribution in [0.5, 0.6) is 0 Å². The average molecular weight is 310 g/mol. The molecule has 24 heavy (non-hydrogen) atoms. The molecule has 0 atom stereocenters. The first-order chi connectivity index (χ1) is 11.8. The van der Waals surface area contributed by atoms with Gasteiger partial charge in [-0.15, -0.1) is 0 Å². The lowest BCUT2D eigenvalue weighted by Crippen LogP contribution is -1.79. The number of para-hydroxylation sites is 1. The molecule has 0 spiro atoms. The highest BCUT2D eigenvalue weighted by Gasteiger charge is 2.13. The van der Waals surface area contributed by atoms with E-state index in [1.807, 2.05) is 30.3 Å². The molecule has 0 saturated carbocycles. The second kappa shape index (κ2) is 6.21. The lowest BCUT2D eigenvalue weighted by molar-refractivity contribution is 0.631. The third-order valence-corrected chi connectivity index (χ3v) is 4.19. The topological polar surface area (TPSA) is 13.1 Å². The summed E-state index contributed by atoms with van der Waals surface area (Å²) < 4.78 is 6.16. The minimum Gasteiger partial charge on any atom is -0.455 e. The molecule has 4 rings (SSSR count). The molecule has 0 aliphatic rings. The molecular weight excluding hydrogens is 292 g/mol. The Morgan fingerprint density at radius 2 is 1.42 bits per heavy atom. The van der Waals surface area contributed by atoms with Crippen molar-refractivity contribution >= 4 is 23.1 Å². The van der Waals surface area contributed by atoms with Gasteiger partial charge >= 0.3 is 0 Å². The van der Waals surface area contributed by atoms with Crippen molar-refractivity contribution in [2.24, 2.45) is 0 Å². The molecular formula is C23H18O. The van der Waals surface area contributed by atoms with Gasteiger partial charge in [0.15, 0.2) is 0 Å². The van der Waals surface area contributed by atoms with Gasteiger partial charge in [-0.25, -0.2) is 0 Å². The van der Waals surface area contributed by atoms with E-state index in [2.05, 4.69) is 67.6 Å². The Morgan fingerprint density at radius 1 is 0.708 bits per heavy atom. The number of fused-ring (bicyclic) bond motifs is 1. The normalized spacial score (nSPS) is 11.4. The van der Waals surface area contributed by atoms with Crippen LogP contribution in [0.25, 0.3) is 34.4 Å². The summed E-state index contributed by atoms with van der Waals surface area (Å²) in [4.78, 5) is 0. The zero-order chi connectivity index (χ0) is 16.4. The highest BCUT2D eigenvalue weighted by Crippen LogP contribution is 2.35. The van der Waals surface area contributed by atoms with Crippen LogP contribution in [0.15, 0.2) is 83.3 Å². The van der Waals surface area contributed by atoms with Crippen LogP contribution in [-0.4, -0.2) is 0 Å². The van der Waals surface area contributed by atoms with Crippen LogP contribution < -0.4 is 0 Å². The first kappa shape index (κ1) is 14.5. The Labute approximate surface area is 141 Å². The summed E-state index contributed by atoms with van der Waals surface area (Å²) in [5.41, 5.74) is 5.57. The molecule has 0 N–H and O–H groups in total. The van der Waals surface area contributed by atoms with Gasteiger partial charge in [-0.1, -0.05) is 84.4 Å². The maximum atomic E-state index is 6.16. The maximum absolute atomic E-state index is 6.16. The van der Waals surface area contributed by atoms with Crippen molar-refractivity contribution in [2.45, 2.75) is 6.92 Å². The van der Waals surface area contributed by atoms with Crippen LogP contribution >= 0.6 is 0 Å². The van der Waals surface area contributed by atoms with Gasteiger partial charge in [-0.2, -0.15) is 0 Å². The summed E-state index contributed by atoms with van der Waals surface area (Å²) in [6, 6.07) is 27.0. The van der Waals surface area contributed by atoms with Crippen molar-refractivity contribution in [3.05, 3.63) is 95.6 Å². The summed E-state index contributed by atoms with van der Waals surface area (Å²) in [5.74, 6) is 0.920. The molecule has 1 heterocycles. The van der Waals surface area contributed by atoms with Crippen molar-refractivity contribution in [3.8, 4) is 11.3 Å². The van der Waals surface area contributed by atoms with Gasteiger partial charge in [0.25, 0.3) is 0 Å². The van der Waals surface area contributed by atoms with Gasteiger partial charge in [-0.05, 0) is 24.6 Å². The number of rotatable bonds is 3. The van der Waals surface area contributed by atoms with Crippen LogP contribution in [0, 0.1) is 6.92 Å². The Morgan fingerprint density at radius 3 is 2.21 bits per heavy atom. The first-order valence-corrected chi connectivity index (χ1v) is 8.13. The molecule has 0 bridgehead atoms. The van der Waals surface area contributed by atoms with Crippen molar-refractivity contribution in [2.75, 3.05) is 0 Å². The molecule has 0 amide bonds. The third-order valence-electron chi connectivity index (χ3n) is 4.19. The molecule has 3 aromatic carbocycles. The van der Waals surface area contributed by atoms with Gasteiger partial charge < -0.3 is 4.42 Å². The van der Waals surface area contributed by atoms with Crippen LogP contribution in [-0.2, 0) is 0 Å². The second-order valence-corrected chi connectivity index (χ2v) is 5.95. The maximum Gasteiger partial charge on any atom is 0.142 e. The fraction of sp³-hybridized carbons (Fsp3) is 0.0435. The van der Waals surface area contributed by atoms with Crippen molar-refractivity contribution < 1.29 is 4.42 Å². The van der Waals surface area contributed by atoms with E-state index >= 15 is 0 Å². The monoisotopic (exact) mass is 310 g/mol. The van der Waals surface area contributed by atoms with Crippen molar-refractivity contribution in [1.82, 2.24) is 0 Å². The molecule has 0 radical (unpaired) electrons. The average Bonchev–Trinajstić information content (AvgIpc) is 3.00. The zero-order valence-electron chi connectivity index (χ0n) is 13.6. The van der Waals surface area contributed by atoms with E-state index in [1.165, 1.54) is 11.1 Å². The Hall–Kier alpha value is -3.06. The molecule has 1 heteroatoms. The lowest BCUT2D eigenvalue weighted by atomic mass is 10.0. The molecule has 1 aromatic heterocycles. The van der Waals surface area contributed by atoms with Gasteiger partial charge in [0.2, 0.25) is 0 Å². The van der Waals surface area contributed by atoms with Crippen LogP contribution in [0.4, 0.5) is 0 Å². The second-order valence-electron chi connectivity index (χ2n) is 5.95. The smallest absolute Gasteiger partial charge is 0.142 e. The summed E-state index contributed by atoms with van der Waals surface area (Å²) in [6.45, 7) is 2.10. The molecule has 0 aliphatic carbocycles. The first-order valence-electron chi connectivity index (χ1n) is 8.13. The van der Waals surface area contributed by atoms with Gasteiger partial charge in [0.05, 0.1) is 0 Å². The fourth-order valence-corrected chi connectivity index (χ4v) is 2.89. The summed E-state index contributed by atoms with van der Waals surface area (Å²) in [7, 11) is 0. The minimum absolute atomic E-state index is 0.917. The van der Waals surface area contributed by atoms with E-state index in [0.717, 1.165) is 27.9 Å². The summed E-state index contributed by atoms with van der Waals surface area (Å²) in [5, 5.41) is 1.14. The fourth-order valence-electron chi connectivity index (χ4n) is 2.89. The van der Waals surface area contributed by atoms with Crippen molar-refractivity contribution in [3.63, 3.8) is 0 Å². The van der Waals surface area contributed by atoms with Crippen LogP contribution in [0.3, 0.4) is 0 Å². The Balaban J connectivity index is 1.87. The largest absolute Gasteiger partial charge is 0.455 e. The lowest BCUT2D eigenvalue weighted by Gasteiger charge is -2.00. The van der Waals surface area contributed by atoms with Gasteiger partial charge in [0.1, 0.15) is 11.3 Å². The molecule has 0 fully saturated rings. The SMILES string of the molecule is Cc1ccc(-c2oc3ccccc3c2/C=C\c2ccccc2)cc1. The molecule has 0 saturated heterocycles. The molecule has 1 nitrogen and oxygen atoms in total. The predicted molar refractivity (Wildman–Crippen MR) is 102 cm³/mol. The number of hydrogen-bond acceptors (Lipinski definition) is 1. The quantitative estimate of drug-likeness (QED) is 0.416. The standard InChI is InChI=1S/C23H18O/c1-17-11-14-19(15-12-17)23-21(16-13-18-7-3-2-4-8-18)20-9-5-6-10-22(20)24-23/h2-16H,1H3/b16-13-. The number of aryl methyl sites for hydroxylation is 1. The summed E-state index contributed by atoms with van der Waals surface area (Å²) >= 11 is 0. The predicted octanol–water partition coefficient (Wildman–Crippen LogP) is 6.58. The van der Waals surface area contributed by atoms with E-state index < -0.39 is 0 Å². The van der Waals surface area contributed by atoms with E-state index in [9.17, 15) is 0 Å². The summed E-state index contributed by atoms with van der Waals surface area (Å²) in [6.07, 6.45) is 4.28. The molecule has 0 aliphatic heterocycles. The number of furan rings is 1.